The standard InChI is InChI=1S/C27H26N2O6/c1-27(25(31)28-21-16-20(33-2)13-14-23(21)35-27)26(32)29-22(15-18-9-5-3-6-10-18)24(30)34-17-19-11-7-4-8-12-19/h3-14,16,22H,15,17H2,1-2H3,(H,28,31)(H,29,32)/t22-,27-/m1/s1. The molecular formula is C27H26N2O6. The average molecular weight is 475 g/mol. The predicted octanol–water partition coefficient (Wildman–Crippen LogP) is 3.26. The van der Waals surface area contributed by atoms with E-state index in [9.17, 15) is 14.4 Å². The van der Waals surface area contributed by atoms with Gasteiger partial charge in [-0.15, -0.1) is 0 Å². The minimum atomic E-state index is -1.89. The van der Waals surface area contributed by atoms with Gasteiger partial charge in [0.15, 0.2) is 0 Å². The Kier molecular flexibility index (Phi) is 7.01. The molecule has 8 nitrogen and oxygen atoms in total. The zero-order chi connectivity index (χ0) is 24.8. The number of carbonyl (C=O) groups excluding carboxylic acids is 3. The monoisotopic (exact) mass is 474 g/mol. The summed E-state index contributed by atoms with van der Waals surface area (Å²) in [6.07, 6.45) is 0.186. The van der Waals surface area contributed by atoms with Crippen molar-refractivity contribution in [3.8, 4) is 11.5 Å². The highest BCUT2D eigenvalue weighted by Crippen LogP contribution is 2.36. The van der Waals surface area contributed by atoms with Gasteiger partial charge in [0, 0.05) is 12.5 Å². The number of amides is 2. The number of rotatable bonds is 8. The van der Waals surface area contributed by atoms with Crippen LogP contribution >= 0.6 is 0 Å². The minimum Gasteiger partial charge on any atom is -0.497 e. The van der Waals surface area contributed by atoms with E-state index in [-0.39, 0.29) is 13.0 Å². The number of benzene rings is 3. The summed E-state index contributed by atoms with van der Waals surface area (Å²) in [4.78, 5) is 39.2. The lowest BCUT2D eigenvalue weighted by molar-refractivity contribution is -0.154. The zero-order valence-corrected chi connectivity index (χ0v) is 19.4. The van der Waals surface area contributed by atoms with E-state index in [4.69, 9.17) is 14.2 Å². The Morgan fingerprint density at radius 1 is 1.00 bits per heavy atom. The average Bonchev–Trinajstić information content (AvgIpc) is 2.88. The van der Waals surface area contributed by atoms with Crippen molar-refractivity contribution >= 4 is 23.5 Å². The number of hydrogen-bond acceptors (Lipinski definition) is 6. The molecule has 0 spiro atoms. The lowest BCUT2D eigenvalue weighted by Crippen LogP contribution is -2.61. The second-order valence-corrected chi connectivity index (χ2v) is 8.26. The summed E-state index contributed by atoms with van der Waals surface area (Å²) in [5, 5.41) is 5.36. The molecule has 1 aliphatic heterocycles. The number of esters is 1. The van der Waals surface area contributed by atoms with Crippen molar-refractivity contribution in [1.82, 2.24) is 5.32 Å². The fraction of sp³-hybridized carbons (Fsp3) is 0.222. The highest BCUT2D eigenvalue weighted by molar-refractivity contribution is 6.15. The Morgan fingerprint density at radius 2 is 1.66 bits per heavy atom. The molecular weight excluding hydrogens is 448 g/mol. The fourth-order valence-corrected chi connectivity index (χ4v) is 3.65. The van der Waals surface area contributed by atoms with Crippen LogP contribution in [0.2, 0.25) is 0 Å². The Hall–Kier alpha value is -4.33. The van der Waals surface area contributed by atoms with E-state index >= 15 is 0 Å². The maximum absolute atomic E-state index is 13.3. The first-order valence-corrected chi connectivity index (χ1v) is 11.1. The topological polar surface area (TPSA) is 103 Å². The van der Waals surface area contributed by atoms with Crippen LogP contribution in [0.15, 0.2) is 78.9 Å². The smallest absolute Gasteiger partial charge is 0.329 e. The lowest BCUT2D eigenvalue weighted by atomic mass is 9.99. The van der Waals surface area contributed by atoms with Crippen LogP contribution in [-0.4, -0.2) is 36.5 Å². The van der Waals surface area contributed by atoms with E-state index in [1.807, 2.05) is 60.7 Å². The summed E-state index contributed by atoms with van der Waals surface area (Å²) in [5.74, 6) is -1.18. The van der Waals surface area contributed by atoms with E-state index in [1.54, 1.807) is 18.2 Å². The Morgan fingerprint density at radius 3 is 2.31 bits per heavy atom. The van der Waals surface area contributed by atoms with E-state index in [2.05, 4.69) is 10.6 Å². The maximum Gasteiger partial charge on any atom is 0.329 e. The molecule has 0 radical (unpaired) electrons. The van der Waals surface area contributed by atoms with Gasteiger partial charge in [0.2, 0.25) is 0 Å². The van der Waals surface area contributed by atoms with Crippen molar-refractivity contribution in [3.05, 3.63) is 90.0 Å². The van der Waals surface area contributed by atoms with Gasteiger partial charge in [0.05, 0.1) is 12.8 Å². The molecule has 2 N–H and O–H groups in total. The summed E-state index contributed by atoms with van der Waals surface area (Å²) in [5.41, 5.74) is 0.143. The molecule has 2 amide bonds. The summed E-state index contributed by atoms with van der Waals surface area (Å²) >= 11 is 0. The second-order valence-electron chi connectivity index (χ2n) is 8.26. The molecule has 2 atom stereocenters. The first-order valence-electron chi connectivity index (χ1n) is 11.1. The van der Waals surface area contributed by atoms with Crippen molar-refractivity contribution in [2.75, 3.05) is 12.4 Å². The number of hydrogen-bond donors (Lipinski definition) is 2. The molecule has 3 aromatic rings. The van der Waals surface area contributed by atoms with Gasteiger partial charge in [-0.25, -0.2) is 4.79 Å². The van der Waals surface area contributed by atoms with Gasteiger partial charge in [-0.1, -0.05) is 60.7 Å². The molecule has 0 unspecified atom stereocenters. The van der Waals surface area contributed by atoms with E-state index in [0.717, 1.165) is 11.1 Å². The van der Waals surface area contributed by atoms with Crippen LogP contribution in [-0.2, 0) is 32.1 Å². The Balaban J connectivity index is 1.52. The van der Waals surface area contributed by atoms with E-state index < -0.39 is 29.4 Å². The molecule has 180 valence electrons. The minimum absolute atomic E-state index is 0.0598. The van der Waals surface area contributed by atoms with Crippen LogP contribution in [0.4, 0.5) is 5.69 Å². The summed E-state index contributed by atoms with van der Waals surface area (Å²) in [6, 6.07) is 22.3. The Bertz CT molecular complexity index is 1210. The van der Waals surface area contributed by atoms with Crippen LogP contribution in [0.5, 0.6) is 11.5 Å². The highest BCUT2D eigenvalue weighted by Gasteiger charge is 2.48. The molecule has 0 bridgehead atoms. The number of carbonyl (C=O) groups is 3. The fourth-order valence-electron chi connectivity index (χ4n) is 3.65. The van der Waals surface area contributed by atoms with Crippen molar-refractivity contribution < 1.29 is 28.6 Å². The lowest BCUT2D eigenvalue weighted by Gasteiger charge is -2.34. The summed E-state index contributed by atoms with van der Waals surface area (Å²) < 4.78 is 16.5. The number of anilines is 1. The molecule has 0 aromatic heterocycles. The Labute approximate surface area is 203 Å². The molecule has 1 heterocycles. The number of methoxy groups -OCH3 is 1. The largest absolute Gasteiger partial charge is 0.497 e. The number of fused-ring (bicyclic) bond motifs is 1. The summed E-state index contributed by atoms with van der Waals surface area (Å²) in [7, 11) is 1.51. The third-order valence-electron chi connectivity index (χ3n) is 5.71. The number of nitrogens with one attached hydrogen (secondary N) is 2. The number of ether oxygens (including phenoxy) is 3. The van der Waals surface area contributed by atoms with Crippen LogP contribution in [0.25, 0.3) is 0 Å². The molecule has 8 heteroatoms. The normalized spacial score (nSPS) is 17.3. The van der Waals surface area contributed by atoms with Crippen molar-refractivity contribution in [2.24, 2.45) is 0 Å². The van der Waals surface area contributed by atoms with Gasteiger partial charge >= 0.3 is 5.97 Å². The van der Waals surface area contributed by atoms with Gasteiger partial charge in [0.25, 0.3) is 17.4 Å². The van der Waals surface area contributed by atoms with Crippen molar-refractivity contribution in [1.29, 1.82) is 0 Å². The summed E-state index contributed by atoms with van der Waals surface area (Å²) in [6.45, 7) is 1.42. The molecule has 0 fully saturated rings. The van der Waals surface area contributed by atoms with Gasteiger partial charge in [-0.3, -0.25) is 9.59 Å². The molecule has 35 heavy (non-hydrogen) atoms. The van der Waals surface area contributed by atoms with Gasteiger partial charge in [-0.2, -0.15) is 0 Å². The van der Waals surface area contributed by atoms with Gasteiger partial charge in [-0.05, 0) is 30.2 Å². The van der Waals surface area contributed by atoms with E-state index in [0.29, 0.717) is 17.2 Å². The van der Waals surface area contributed by atoms with Crippen LogP contribution < -0.4 is 20.1 Å². The first kappa shape index (κ1) is 23.8. The van der Waals surface area contributed by atoms with Crippen LogP contribution in [0, 0.1) is 0 Å². The van der Waals surface area contributed by atoms with Crippen LogP contribution in [0.1, 0.15) is 18.1 Å². The molecule has 4 rings (SSSR count). The first-order chi connectivity index (χ1) is 16.9. The van der Waals surface area contributed by atoms with Crippen LogP contribution in [0.3, 0.4) is 0 Å². The van der Waals surface area contributed by atoms with Crippen molar-refractivity contribution in [3.63, 3.8) is 0 Å². The zero-order valence-electron chi connectivity index (χ0n) is 19.4. The SMILES string of the molecule is COc1ccc2c(c1)NC(=O)[C@](C)(C(=O)N[C@H](Cc1ccccc1)C(=O)OCc1ccccc1)O2. The maximum atomic E-state index is 13.3. The van der Waals surface area contributed by atoms with Gasteiger partial charge < -0.3 is 24.8 Å². The molecule has 1 aliphatic rings. The molecule has 3 aromatic carbocycles. The molecule has 0 aliphatic carbocycles. The quantitative estimate of drug-likeness (QED) is 0.384. The second kappa shape index (κ2) is 10.3. The predicted molar refractivity (Wildman–Crippen MR) is 129 cm³/mol. The van der Waals surface area contributed by atoms with E-state index in [1.165, 1.54) is 14.0 Å². The third-order valence-corrected chi connectivity index (χ3v) is 5.71. The van der Waals surface area contributed by atoms with Crippen molar-refractivity contribution in [2.45, 2.75) is 31.6 Å². The van der Waals surface area contributed by atoms with Gasteiger partial charge in [0.1, 0.15) is 24.1 Å². The highest BCUT2D eigenvalue weighted by atomic mass is 16.5. The third kappa shape index (κ3) is 5.43. The molecule has 0 saturated carbocycles. The molecule has 0 saturated heterocycles.